The number of benzene rings is 1. The predicted molar refractivity (Wildman–Crippen MR) is 177 cm³/mol. The van der Waals surface area contributed by atoms with E-state index in [0.717, 1.165) is 38.5 Å². The van der Waals surface area contributed by atoms with Crippen molar-refractivity contribution < 1.29 is 24.2 Å². The summed E-state index contributed by atoms with van der Waals surface area (Å²) in [6.45, 7) is 7.99. The van der Waals surface area contributed by atoms with Crippen molar-refractivity contribution in [2.45, 2.75) is 91.5 Å². The van der Waals surface area contributed by atoms with Gasteiger partial charge in [-0.15, -0.1) is 0 Å². The van der Waals surface area contributed by atoms with Crippen LogP contribution in [0.5, 0.6) is 5.75 Å². The maximum Gasteiger partial charge on any atom is 0.339 e. The smallest absolute Gasteiger partial charge is 0.339 e. The minimum atomic E-state index is -1.18. The Balaban J connectivity index is 2.46. The second-order valence-corrected chi connectivity index (χ2v) is 10.7. The number of esters is 1. The van der Waals surface area contributed by atoms with Gasteiger partial charge in [-0.05, 0) is 75.8 Å². The van der Waals surface area contributed by atoms with E-state index >= 15 is 0 Å². The van der Waals surface area contributed by atoms with Crippen LogP contribution in [-0.2, 0) is 9.59 Å². The molecule has 1 rings (SSSR count). The van der Waals surface area contributed by atoms with Gasteiger partial charge in [0.2, 0.25) is 5.91 Å². The summed E-state index contributed by atoms with van der Waals surface area (Å²) in [6, 6.07) is 5.11. The summed E-state index contributed by atoms with van der Waals surface area (Å²) in [7, 11) is 0. The Hall–Kier alpha value is -3.93. The largest absolute Gasteiger partial charge is 0.478 e. The standard InChI is InChI=1S/C37H51NO5/c1-5-7-8-9-10-11-12-13-14-15-16-17-18-19-20-21-22-23-26-31(6-2)35(39)38-33(29-30(3)4)37(42)43-34-28-25-24-27-32(34)36(40)41/h7-8,10-11,13-14,16-17,19-20,22-25,27-28,30-31,33H,5-6,9,12,15,18,21,26,29H2,1-4H3,(H,38,39)(H,40,41). The van der Waals surface area contributed by atoms with Crippen LogP contribution in [0, 0.1) is 11.8 Å². The third-order valence-corrected chi connectivity index (χ3v) is 6.52. The van der Waals surface area contributed by atoms with Gasteiger partial charge in [-0.3, -0.25) is 4.79 Å². The molecule has 1 aromatic rings. The molecule has 6 nitrogen and oxygen atoms in total. The van der Waals surface area contributed by atoms with Crippen molar-refractivity contribution in [2.75, 3.05) is 0 Å². The van der Waals surface area contributed by atoms with Crippen LogP contribution < -0.4 is 10.1 Å². The fraction of sp³-hybridized carbons (Fsp3) is 0.432. The molecule has 0 heterocycles. The summed E-state index contributed by atoms with van der Waals surface area (Å²) in [4.78, 5) is 37.5. The number of amides is 1. The maximum atomic E-state index is 13.0. The molecule has 2 atom stereocenters. The monoisotopic (exact) mass is 589 g/mol. The minimum Gasteiger partial charge on any atom is -0.478 e. The van der Waals surface area contributed by atoms with E-state index in [4.69, 9.17) is 4.74 Å². The number of ether oxygens (including phenoxy) is 1. The molecule has 0 saturated heterocycles. The summed E-state index contributed by atoms with van der Waals surface area (Å²) < 4.78 is 5.42. The molecule has 0 fully saturated rings. The molecule has 0 aliphatic carbocycles. The fourth-order valence-corrected chi connectivity index (χ4v) is 4.13. The van der Waals surface area contributed by atoms with Gasteiger partial charge >= 0.3 is 11.9 Å². The number of nitrogens with one attached hydrogen (secondary N) is 1. The highest BCUT2D eigenvalue weighted by molar-refractivity contribution is 5.93. The number of aromatic carboxylic acids is 1. The lowest BCUT2D eigenvalue weighted by Crippen LogP contribution is -2.46. The van der Waals surface area contributed by atoms with Crippen LogP contribution in [0.1, 0.15) is 95.8 Å². The summed E-state index contributed by atoms with van der Waals surface area (Å²) in [5, 5.41) is 12.2. The van der Waals surface area contributed by atoms with Crippen molar-refractivity contribution in [3.05, 3.63) is 103 Å². The number of allylic oxidation sites excluding steroid dienone is 12. The summed E-state index contributed by atoms with van der Waals surface area (Å²) in [5.74, 6) is -2.26. The first kappa shape index (κ1) is 37.1. The van der Waals surface area contributed by atoms with Crippen LogP contribution in [0.15, 0.2) is 97.2 Å². The van der Waals surface area contributed by atoms with Gasteiger partial charge in [-0.2, -0.15) is 0 Å². The molecule has 43 heavy (non-hydrogen) atoms. The van der Waals surface area contributed by atoms with Crippen molar-refractivity contribution in [3.8, 4) is 5.75 Å². The van der Waals surface area contributed by atoms with Gasteiger partial charge in [-0.25, -0.2) is 9.59 Å². The fourth-order valence-electron chi connectivity index (χ4n) is 4.13. The number of carboxylic acid groups (broad SMARTS) is 1. The average molecular weight is 590 g/mol. The molecule has 0 saturated carbocycles. The van der Waals surface area contributed by atoms with Crippen molar-refractivity contribution in [1.82, 2.24) is 5.32 Å². The number of carboxylic acids is 1. The van der Waals surface area contributed by atoms with E-state index in [9.17, 15) is 19.5 Å². The van der Waals surface area contributed by atoms with Crippen LogP contribution in [0.3, 0.4) is 0 Å². The van der Waals surface area contributed by atoms with Crippen LogP contribution in [-0.4, -0.2) is 29.0 Å². The number of para-hydroxylation sites is 1. The molecule has 6 heteroatoms. The Kier molecular flexibility index (Phi) is 20.4. The SMILES string of the molecule is CCC=CCC=CCC=CCC=CCC=CCC=CCC(CC)C(=O)NC(CC(C)C)C(=O)Oc1ccccc1C(=O)O. The molecule has 0 radical (unpaired) electrons. The van der Waals surface area contributed by atoms with Gasteiger partial charge in [-0.1, -0.05) is 113 Å². The number of carbonyl (C=O) groups is 3. The van der Waals surface area contributed by atoms with Gasteiger partial charge in [0.15, 0.2) is 0 Å². The van der Waals surface area contributed by atoms with Gasteiger partial charge in [0.05, 0.1) is 0 Å². The first-order chi connectivity index (χ1) is 20.8. The van der Waals surface area contributed by atoms with Crippen LogP contribution in [0.2, 0.25) is 0 Å². The zero-order valence-corrected chi connectivity index (χ0v) is 26.4. The van der Waals surface area contributed by atoms with E-state index < -0.39 is 18.0 Å². The van der Waals surface area contributed by atoms with Crippen molar-refractivity contribution in [1.29, 1.82) is 0 Å². The molecular formula is C37H51NO5. The summed E-state index contributed by atoms with van der Waals surface area (Å²) >= 11 is 0. The Labute approximate surface area is 259 Å². The van der Waals surface area contributed by atoms with Gasteiger partial charge in [0.1, 0.15) is 17.4 Å². The second kappa shape index (κ2) is 23.6. The third kappa shape index (κ3) is 17.6. The topological polar surface area (TPSA) is 92.7 Å². The quantitative estimate of drug-likeness (QED) is 0.0848. The molecule has 2 N–H and O–H groups in total. The van der Waals surface area contributed by atoms with Crippen molar-refractivity contribution >= 4 is 17.8 Å². The predicted octanol–water partition coefficient (Wildman–Crippen LogP) is 8.94. The number of hydrogen-bond donors (Lipinski definition) is 2. The van der Waals surface area contributed by atoms with E-state index in [1.807, 2.05) is 32.9 Å². The molecule has 0 aromatic heterocycles. The number of hydrogen-bond acceptors (Lipinski definition) is 4. The minimum absolute atomic E-state index is 0.0342. The van der Waals surface area contributed by atoms with Crippen molar-refractivity contribution in [3.63, 3.8) is 0 Å². The highest BCUT2D eigenvalue weighted by Crippen LogP contribution is 2.20. The average Bonchev–Trinajstić information content (AvgIpc) is 2.98. The van der Waals surface area contributed by atoms with E-state index in [2.05, 4.69) is 73.0 Å². The molecule has 1 aromatic carbocycles. The van der Waals surface area contributed by atoms with E-state index in [1.165, 1.54) is 12.1 Å². The Morgan fingerprint density at radius 3 is 1.72 bits per heavy atom. The summed E-state index contributed by atoms with van der Waals surface area (Å²) in [5.41, 5.74) is -0.102. The molecule has 0 aliphatic rings. The zero-order valence-electron chi connectivity index (χ0n) is 26.4. The molecule has 0 aliphatic heterocycles. The Morgan fingerprint density at radius 1 is 0.767 bits per heavy atom. The molecule has 2 unspecified atom stereocenters. The second-order valence-electron chi connectivity index (χ2n) is 10.7. The van der Waals surface area contributed by atoms with Crippen LogP contribution in [0.25, 0.3) is 0 Å². The van der Waals surface area contributed by atoms with Crippen LogP contribution >= 0.6 is 0 Å². The lowest BCUT2D eigenvalue weighted by atomic mass is 9.98. The maximum absolute atomic E-state index is 13.0. The van der Waals surface area contributed by atoms with Gasteiger partial charge < -0.3 is 15.2 Å². The molecule has 1 amide bonds. The highest BCUT2D eigenvalue weighted by atomic mass is 16.5. The summed E-state index contributed by atoms with van der Waals surface area (Å²) in [6.07, 6.45) is 33.0. The highest BCUT2D eigenvalue weighted by Gasteiger charge is 2.27. The first-order valence-corrected chi connectivity index (χ1v) is 15.5. The molecule has 234 valence electrons. The van der Waals surface area contributed by atoms with Gasteiger partial charge in [0, 0.05) is 5.92 Å². The Bertz CT molecular complexity index is 1140. The molecule has 0 spiro atoms. The normalized spacial score (nSPS) is 13.8. The zero-order chi connectivity index (χ0) is 31.7. The van der Waals surface area contributed by atoms with Gasteiger partial charge in [0.25, 0.3) is 0 Å². The number of rotatable bonds is 21. The first-order valence-electron chi connectivity index (χ1n) is 15.5. The van der Waals surface area contributed by atoms with E-state index in [1.54, 1.807) is 12.1 Å². The van der Waals surface area contributed by atoms with E-state index in [0.29, 0.717) is 19.3 Å². The van der Waals surface area contributed by atoms with E-state index in [-0.39, 0.29) is 29.1 Å². The lowest BCUT2D eigenvalue weighted by molar-refractivity contribution is -0.140. The third-order valence-electron chi connectivity index (χ3n) is 6.52. The Morgan fingerprint density at radius 2 is 1.26 bits per heavy atom. The number of carbonyl (C=O) groups excluding carboxylic acids is 2. The van der Waals surface area contributed by atoms with Crippen LogP contribution in [0.4, 0.5) is 0 Å². The van der Waals surface area contributed by atoms with Crippen molar-refractivity contribution in [2.24, 2.45) is 11.8 Å². The molecule has 0 bridgehead atoms. The lowest BCUT2D eigenvalue weighted by Gasteiger charge is -2.22. The molecular weight excluding hydrogens is 538 g/mol.